The molecule has 0 saturated heterocycles. The summed E-state index contributed by atoms with van der Waals surface area (Å²) in [5, 5.41) is 0. The Morgan fingerprint density at radius 1 is 1.67 bits per heavy atom. The Bertz CT molecular complexity index is 270. The summed E-state index contributed by atoms with van der Waals surface area (Å²) in [6, 6.07) is 1.29. The molecule has 0 atom stereocenters. The second-order valence-corrected chi connectivity index (χ2v) is 4.65. The third-order valence-electron chi connectivity index (χ3n) is 1.26. The Balaban J connectivity index is 3.04. The minimum absolute atomic E-state index is 0.109. The maximum absolute atomic E-state index is 12.9. The van der Waals surface area contributed by atoms with Gasteiger partial charge in [-0.05, 0) is 22.0 Å². The minimum atomic E-state index is -2.97. The lowest BCUT2D eigenvalue weighted by molar-refractivity contribution is 0.00986. The molecule has 0 unspecified atom stereocenters. The Hall–Kier alpha value is 0.290. The number of thiophene rings is 1. The summed E-state index contributed by atoms with van der Waals surface area (Å²) in [5.74, 6) is -2.97. The lowest BCUT2D eigenvalue weighted by Gasteiger charge is -2.09. The molecule has 6 heteroatoms. The van der Waals surface area contributed by atoms with Crippen LogP contribution in [0, 0.1) is 0 Å². The van der Waals surface area contributed by atoms with E-state index >= 15 is 0 Å². The molecule has 0 aromatic carbocycles. The Labute approximate surface area is 85.6 Å². The van der Waals surface area contributed by atoms with Crippen LogP contribution in [0.1, 0.15) is 4.88 Å². The second kappa shape index (κ2) is 3.57. The van der Waals surface area contributed by atoms with E-state index in [2.05, 4.69) is 15.9 Å². The molecule has 0 fully saturated rings. The second-order valence-electron chi connectivity index (χ2n) is 2.14. The van der Waals surface area contributed by atoms with Gasteiger partial charge >= 0.3 is 0 Å². The topological polar surface area (TPSA) is 26.0 Å². The molecule has 2 N–H and O–H groups in total. The number of hydrogen-bond donors (Lipinski definition) is 1. The van der Waals surface area contributed by atoms with Crippen molar-refractivity contribution in [2.75, 3.05) is 6.54 Å². The van der Waals surface area contributed by atoms with Gasteiger partial charge in [0.2, 0.25) is 0 Å². The van der Waals surface area contributed by atoms with Crippen molar-refractivity contribution in [2.45, 2.75) is 5.92 Å². The molecular weight excluding hydrogens is 271 g/mol. The van der Waals surface area contributed by atoms with E-state index in [-0.39, 0.29) is 4.88 Å². The summed E-state index contributed by atoms with van der Waals surface area (Å²) >= 11 is 9.47. The highest BCUT2D eigenvalue weighted by Crippen LogP contribution is 2.39. The van der Waals surface area contributed by atoms with E-state index in [1.54, 1.807) is 0 Å². The largest absolute Gasteiger partial charge is 0.325 e. The van der Waals surface area contributed by atoms with Crippen LogP contribution in [0.5, 0.6) is 0 Å². The van der Waals surface area contributed by atoms with Crippen molar-refractivity contribution < 1.29 is 8.78 Å². The van der Waals surface area contributed by atoms with Crippen molar-refractivity contribution >= 4 is 38.9 Å². The summed E-state index contributed by atoms with van der Waals surface area (Å²) in [7, 11) is 0. The first-order valence-electron chi connectivity index (χ1n) is 3.00. The fraction of sp³-hybridized carbons (Fsp3) is 0.333. The van der Waals surface area contributed by atoms with Crippen LogP contribution in [0.2, 0.25) is 4.34 Å². The third kappa shape index (κ3) is 1.96. The number of nitrogens with two attached hydrogens (primary N) is 1. The van der Waals surface area contributed by atoms with Crippen molar-refractivity contribution in [1.29, 1.82) is 0 Å². The molecule has 0 aliphatic rings. The van der Waals surface area contributed by atoms with Gasteiger partial charge in [-0.1, -0.05) is 11.6 Å². The number of alkyl halides is 2. The zero-order valence-electron chi connectivity index (χ0n) is 5.78. The van der Waals surface area contributed by atoms with E-state index < -0.39 is 12.5 Å². The lowest BCUT2D eigenvalue weighted by Crippen LogP contribution is -2.23. The summed E-state index contributed by atoms with van der Waals surface area (Å²) in [6.07, 6.45) is 0. The summed E-state index contributed by atoms with van der Waals surface area (Å²) in [4.78, 5) is -0.109. The van der Waals surface area contributed by atoms with Gasteiger partial charge in [0.05, 0.1) is 11.4 Å². The highest BCUT2D eigenvalue weighted by atomic mass is 79.9. The molecule has 12 heavy (non-hydrogen) atoms. The average molecular weight is 277 g/mol. The molecule has 0 spiro atoms. The lowest BCUT2D eigenvalue weighted by atomic mass is 10.3. The molecule has 1 aromatic rings. The number of halogens is 4. The van der Waals surface area contributed by atoms with E-state index in [1.807, 2.05) is 0 Å². The minimum Gasteiger partial charge on any atom is -0.325 e. The van der Waals surface area contributed by atoms with E-state index in [1.165, 1.54) is 6.07 Å². The molecule has 0 aliphatic heterocycles. The van der Waals surface area contributed by atoms with Gasteiger partial charge in [-0.3, -0.25) is 0 Å². The molecule has 0 radical (unpaired) electrons. The Morgan fingerprint density at radius 2 is 2.25 bits per heavy atom. The van der Waals surface area contributed by atoms with Crippen LogP contribution in [0.15, 0.2) is 10.5 Å². The van der Waals surface area contributed by atoms with Crippen molar-refractivity contribution in [3.05, 3.63) is 19.8 Å². The van der Waals surface area contributed by atoms with Crippen molar-refractivity contribution in [1.82, 2.24) is 0 Å². The van der Waals surface area contributed by atoms with Gasteiger partial charge in [0.15, 0.2) is 0 Å². The van der Waals surface area contributed by atoms with Crippen LogP contribution in [0.25, 0.3) is 0 Å². The zero-order chi connectivity index (χ0) is 9.35. The fourth-order valence-electron chi connectivity index (χ4n) is 0.627. The summed E-state index contributed by atoms with van der Waals surface area (Å²) in [6.45, 7) is -0.698. The standard InChI is InChI=1S/C6H5BrClF2NS/c7-3-1-4(12-5(3)8)6(9,10)2-11/h1H,2,11H2. The van der Waals surface area contributed by atoms with Gasteiger partial charge in [-0.15, -0.1) is 11.3 Å². The predicted molar refractivity (Wildman–Crippen MR) is 50.0 cm³/mol. The predicted octanol–water partition coefficient (Wildman–Crippen LogP) is 3.21. The van der Waals surface area contributed by atoms with Gasteiger partial charge in [-0.2, -0.15) is 8.78 Å². The van der Waals surface area contributed by atoms with E-state index in [0.29, 0.717) is 8.81 Å². The Kier molecular flexibility index (Phi) is 3.09. The summed E-state index contributed by atoms with van der Waals surface area (Å²) in [5.41, 5.74) is 4.90. The SMILES string of the molecule is NCC(F)(F)c1cc(Br)c(Cl)s1. The molecule has 0 bridgehead atoms. The summed E-state index contributed by atoms with van der Waals surface area (Å²) < 4.78 is 26.6. The van der Waals surface area contributed by atoms with Crippen LogP contribution >= 0.6 is 38.9 Å². The maximum atomic E-state index is 12.9. The van der Waals surface area contributed by atoms with Crippen LogP contribution < -0.4 is 5.73 Å². The molecule has 68 valence electrons. The van der Waals surface area contributed by atoms with Crippen LogP contribution in [-0.4, -0.2) is 6.54 Å². The first-order chi connectivity index (χ1) is 5.47. The molecule has 0 amide bonds. The normalized spacial score (nSPS) is 12.1. The van der Waals surface area contributed by atoms with Gasteiger partial charge in [0, 0.05) is 4.47 Å². The first-order valence-corrected chi connectivity index (χ1v) is 4.99. The quantitative estimate of drug-likeness (QED) is 0.882. The van der Waals surface area contributed by atoms with E-state index in [9.17, 15) is 8.78 Å². The highest BCUT2D eigenvalue weighted by Gasteiger charge is 2.32. The first kappa shape index (κ1) is 10.4. The molecule has 0 aliphatic carbocycles. The van der Waals surface area contributed by atoms with Gasteiger partial charge < -0.3 is 5.73 Å². The average Bonchev–Trinajstić information content (AvgIpc) is 2.33. The monoisotopic (exact) mass is 275 g/mol. The molecule has 1 rings (SSSR count). The van der Waals surface area contributed by atoms with Crippen molar-refractivity contribution in [3.63, 3.8) is 0 Å². The number of hydrogen-bond acceptors (Lipinski definition) is 2. The fourth-order valence-corrected chi connectivity index (χ4v) is 2.31. The smallest absolute Gasteiger partial charge is 0.294 e. The third-order valence-corrected chi connectivity index (χ3v) is 3.85. The van der Waals surface area contributed by atoms with Gasteiger partial charge in [0.1, 0.15) is 4.34 Å². The molecular formula is C6H5BrClF2NS. The van der Waals surface area contributed by atoms with Gasteiger partial charge in [-0.25, -0.2) is 0 Å². The zero-order valence-corrected chi connectivity index (χ0v) is 8.94. The van der Waals surface area contributed by atoms with Crippen LogP contribution in [-0.2, 0) is 5.92 Å². The molecule has 1 nitrogen and oxygen atoms in total. The number of rotatable bonds is 2. The highest BCUT2D eigenvalue weighted by molar-refractivity contribution is 9.10. The maximum Gasteiger partial charge on any atom is 0.294 e. The van der Waals surface area contributed by atoms with E-state index in [0.717, 1.165) is 11.3 Å². The Morgan fingerprint density at radius 3 is 2.58 bits per heavy atom. The van der Waals surface area contributed by atoms with Crippen LogP contribution in [0.4, 0.5) is 8.78 Å². The van der Waals surface area contributed by atoms with Crippen LogP contribution in [0.3, 0.4) is 0 Å². The van der Waals surface area contributed by atoms with Gasteiger partial charge in [0.25, 0.3) is 5.92 Å². The van der Waals surface area contributed by atoms with Crippen molar-refractivity contribution in [2.24, 2.45) is 5.73 Å². The molecule has 1 heterocycles. The van der Waals surface area contributed by atoms with Crippen molar-refractivity contribution in [3.8, 4) is 0 Å². The van der Waals surface area contributed by atoms with E-state index in [4.69, 9.17) is 17.3 Å². The molecule has 0 saturated carbocycles. The molecule has 1 aromatic heterocycles.